The lowest BCUT2D eigenvalue weighted by atomic mass is 10.2. The third-order valence-corrected chi connectivity index (χ3v) is 4.38. The van der Waals surface area contributed by atoms with Crippen molar-refractivity contribution in [3.63, 3.8) is 0 Å². The number of aromatic nitrogens is 3. The molecule has 0 saturated carbocycles. The van der Waals surface area contributed by atoms with Crippen molar-refractivity contribution in [2.24, 2.45) is 0 Å². The molecule has 2 heterocycles. The van der Waals surface area contributed by atoms with Crippen molar-refractivity contribution in [3.8, 4) is 0 Å². The van der Waals surface area contributed by atoms with Gasteiger partial charge in [0.25, 0.3) is 0 Å². The first-order valence-corrected chi connectivity index (χ1v) is 7.38. The number of aryl methyl sites for hydroxylation is 3. The summed E-state index contributed by atoms with van der Waals surface area (Å²) in [6.45, 7) is 8.12. The molecule has 0 radical (unpaired) electrons. The van der Waals surface area contributed by atoms with Crippen LogP contribution < -0.4 is 5.69 Å². The molecule has 1 aromatic carbocycles. The first-order valence-electron chi connectivity index (χ1n) is 7.38. The molecule has 0 aliphatic heterocycles. The maximum absolute atomic E-state index is 12.0. The van der Waals surface area contributed by atoms with Gasteiger partial charge in [-0.05, 0) is 50.5 Å². The fourth-order valence-electron chi connectivity index (χ4n) is 2.89. The summed E-state index contributed by atoms with van der Waals surface area (Å²) in [5.41, 5.74) is 5.88. The number of nitrogens with zero attached hydrogens (tertiary/aromatic N) is 2. The minimum Gasteiger partial charge on any atom is -0.351 e. The molecule has 1 N–H and O–H groups in total. The van der Waals surface area contributed by atoms with Crippen molar-refractivity contribution >= 4 is 11.0 Å². The molecule has 0 aliphatic rings. The summed E-state index contributed by atoms with van der Waals surface area (Å²) >= 11 is 0. The fraction of sp³-hybridized carbons (Fsp3) is 0.353. The standard InChI is InChI=1S/C17H21N3O/c1-12-11-19(14(3)13(12)2)9-6-10-20-16-8-5-4-7-15(16)18-17(20)21/h4-5,7-8,11H,6,9-10H2,1-3H3,(H,18,21). The summed E-state index contributed by atoms with van der Waals surface area (Å²) in [6.07, 6.45) is 3.14. The van der Waals surface area contributed by atoms with E-state index in [2.05, 4.69) is 36.5 Å². The number of hydrogen-bond acceptors (Lipinski definition) is 1. The highest BCUT2D eigenvalue weighted by Gasteiger charge is 2.07. The largest absolute Gasteiger partial charge is 0.351 e. The van der Waals surface area contributed by atoms with E-state index in [-0.39, 0.29) is 5.69 Å². The lowest BCUT2D eigenvalue weighted by molar-refractivity contribution is 0.557. The van der Waals surface area contributed by atoms with E-state index < -0.39 is 0 Å². The summed E-state index contributed by atoms with van der Waals surface area (Å²) in [5, 5.41) is 0. The van der Waals surface area contributed by atoms with Crippen molar-refractivity contribution in [3.05, 3.63) is 57.8 Å². The zero-order chi connectivity index (χ0) is 15.0. The van der Waals surface area contributed by atoms with E-state index in [9.17, 15) is 4.79 Å². The van der Waals surface area contributed by atoms with Crippen molar-refractivity contribution < 1.29 is 0 Å². The lowest BCUT2D eigenvalue weighted by Crippen LogP contribution is -2.17. The van der Waals surface area contributed by atoms with E-state index in [4.69, 9.17) is 0 Å². The highest BCUT2D eigenvalue weighted by molar-refractivity contribution is 5.74. The molecule has 0 spiro atoms. The summed E-state index contributed by atoms with van der Waals surface area (Å²) in [4.78, 5) is 14.9. The summed E-state index contributed by atoms with van der Waals surface area (Å²) < 4.78 is 4.11. The Morgan fingerprint density at radius 3 is 2.57 bits per heavy atom. The Bertz CT molecular complexity index is 835. The number of para-hydroxylation sites is 2. The van der Waals surface area contributed by atoms with Crippen LogP contribution in [0.2, 0.25) is 0 Å². The van der Waals surface area contributed by atoms with Gasteiger partial charge in [-0.2, -0.15) is 0 Å². The maximum Gasteiger partial charge on any atom is 0.326 e. The summed E-state index contributed by atoms with van der Waals surface area (Å²) in [7, 11) is 0. The monoisotopic (exact) mass is 283 g/mol. The summed E-state index contributed by atoms with van der Waals surface area (Å²) in [5.74, 6) is 0. The van der Waals surface area contributed by atoms with Crippen LogP contribution in [0.3, 0.4) is 0 Å². The van der Waals surface area contributed by atoms with Crippen LogP contribution in [0, 0.1) is 20.8 Å². The molecule has 2 aromatic heterocycles. The van der Waals surface area contributed by atoms with Crippen LogP contribution in [-0.4, -0.2) is 14.1 Å². The predicted octanol–water partition coefficient (Wildman–Crippen LogP) is 3.15. The Morgan fingerprint density at radius 2 is 1.86 bits per heavy atom. The van der Waals surface area contributed by atoms with Gasteiger partial charge < -0.3 is 9.55 Å². The van der Waals surface area contributed by atoms with Gasteiger partial charge in [0.1, 0.15) is 0 Å². The molecule has 0 amide bonds. The fourth-order valence-corrected chi connectivity index (χ4v) is 2.89. The van der Waals surface area contributed by atoms with Crippen LogP contribution in [-0.2, 0) is 13.1 Å². The van der Waals surface area contributed by atoms with Gasteiger partial charge in [-0.1, -0.05) is 12.1 Å². The second kappa shape index (κ2) is 5.28. The molecule has 0 aliphatic carbocycles. The van der Waals surface area contributed by atoms with E-state index in [0.29, 0.717) is 0 Å². The Balaban J connectivity index is 1.76. The third-order valence-electron chi connectivity index (χ3n) is 4.38. The molecule has 0 unspecified atom stereocenters. The minimum absolute atomic E-state index is 0.0206. The molecular weight excluding hydrogens is 262 g/mol. The van der Waals surface area contributed by atoms with Crippen LogP contribution >= 0.6 is 0 Å². The SMILES string of the molecule is Cc1cn(CCCn2c(=O)[nH]c3ccccc32)c(C)c1C. The quantitative estimate of drug-likeness (QED) is 0.785. The molecule has 0 atom stereocenters. The van der Waals surface area contributed by atoms with Crippen molar-refractivity contribution in [2.75, 3.05) is 0 Å². The van der Waals surface area contributed by atoms with Crippen molar-refractivity contribution in [1.29, 1.82) is 0 Å². The minimum atomic E-state index is -0.0206. The predicted molar refractivity (Wildman–Crippen MR) is 85.8 cm³/mol. The average molecular weight is 283 g/mol. The number of imidazole rings is 1. The Kier molecular flexibility index (Phi) is 3.45. The maximum atomic E-state index is 12.0. The molecule has 4 nitrogen and oxygen atoms in total. The summed E-state index contributed by atoms with van der Waals surface area (Å²) in [6, 6.07) is 7.84. The lowest BCUT2D eigenvalue weighted by Gasteiger charge is -2.07. The highest BCUT2D eigenvalue weighted by atomic mass is 16.1. The van der Waals surface area contributed by atoms with Crippen molar-refractivity contribution in [1.82, 2.24) is 14.1 Å². The zero-order valence-electron chi connectivity index (χ0n) is 12.8. The number of H-pyrrole nitrogens is 1. The first kappa shape index (κ1) is 13.7. The van der Waals surface area contributed by atoms with Gasteiger partial charge >= 0.3 is 5.69 Å². The smallest absolute Gasteiger partial charge is 0.326 e. The Morgan fingerprint density at radius 1 is 1.10 bits per heavy atom. The number of aromatic amines is 1. The van der Waals surface area contributed by atoms with Crippen LogP contribution in [0.25, 0.3) is 11.0 Å². The second-order valence-corrected chi connectivity index (χ2v) is 5.67. The van der Waals surface area contributed by atoms with Gasteiger partial charge in [-0.15, -0.1) is 0 Å². The zero-order valence-corrected chi connectivity index (χ0v) is 12.8. The van der Waals surface area contributed by atoms with Crippen LogP contribution in [0.15, 0.2) is 35.3 Å². The third kappa shape index (κ3) is 2.42. The number of hydrogen-bond donors (Lipinski definition) is 1. The molecule has 3 rings (SSSR count). The molecule has 0 saturated heterocycles. The number of benzene rings is 1. The van der Waals surface area contributed by atoms with E-state index in [0.717, 1.165) is 30.5 Å². The molecule has 3 aromatic rings. The molecule has 0 fully saturated rings. The molecule has 4 heteroatoms. The molecule has 0 bridgehead atoms. The average Bonchev–Trinajstić information content (AvgIpc) is 2.91. The van der Waals surface area contributed by atoms with Crippen LogP contribution in [0.5, 0.6) is 0 Å². The van der Waals surface area contributed by atoms with Gasteiger partial charge in [0.05, 0.1) is 11.0 Å². The van der Waals surface area contributed by atoms with Gasteiger partial charge in [-0.25, -0.2) is 4.79 Å². The Hall–Kier alpha value is -2.23. The van der Waals surface area contributed by atoms with E-state index in [1.807, 2.05) is 28.8 Å². The molecule has 21 heavy (non-hydrogen) atoms. The molecular formula is C17H21N3O. The number of nitrogens with one attached hydrogen (secondary N) is 1. The van der Waals surface area contributed by atoms with E-state index in [1.54, 1.807) is 0 Å². The normalized spacial score (nSPS) is 11.4. The van der Waals surface area contributed by atoms with Gasteiger partial charge in [0.2, 0.25) is 0 Å². The number of fused-ring (bicyclic) bond motifs is 1. The van der Waals surface area contributed by atoms with E-state index >= 15 is 0 Å². The van der Waals surface area contributed by atoms with Gasteiger partial charge in [0.15, 0.2) is 0 Å². The Labute approximate surface area is 124 Å². The van der Waals surface area contributed by atoms with E-state index in [1.165, 1.54) is 16.8 Å². The van der Waals surface area contributed by atoms with Gasteiger partial charge in [0, 0.05) is 25.0 Å². The first-order chi connectivity index (χ1) is 10.1. The second-order valence-electron chi connectivity index (χ2n) is 5.67. The number of rotatable bonds is 4. The van der Waals surface area contributed by atoms with Crippen LogP contribution in [0.4, 0.5) is 0 Å². The molecule has 110 valence electrons. The van der Waals surface area contributed by atoms with Crippen molar-refractivity contribution in [2.45, 2.75) is 40.3 Å². The topological polar surface area (TPSA) is 42.7 Å². The van der Waals surface area contributed by atoms with Gasteiger partial charge in [-0.3, -0.25) is 4.57 Å². The highest BCUT2D eigenvalue weighted by Crippen LogP contribution is 2.15. The van der Waals surface area contributed by atoms with Crippen LogP contribution in [0.1, 0.15) is 23.2 Å².